The highest BCUT2D eigenvalue weighted by Crippen LogP contribution is 2.35. The molecule has 306 valence electrons. The Morgan fingerprint density at radius 3 is 2.47 bits per heavy atom. The molecule has 4 fully saturated rings. The lowest BCUT2D eigenvalue weighted by molar-refractivity contribution is -0.134. The fourth-order valence-corrected chi connectivity index (χ4v) is 8.72. The van der Waals surface area contributed by atoms with Gasteiger partial charge in [0.15, 0.2) is 11.5 Å². The van der Waals surface area contributed by atoms with Crippen LogP contribution in [0.2, 0.25) is 0 Å². The van der Waals surface area contributed by atoms with Crippen LogP contribution in [0.1, 0.15) is 84.7 Å². The number of amides is 4. The summed E-state index contributed by atoms with van der Waals surface area (Å²) in [6, 6.07) is 9.00. The van der Waals surface area contributed by atoms with E-state index in [2.05, 4.69) is 51.5 Å². The largest absolute Gasteiger partial charge is 0.496 e. The number of likely N-dealkylation sites (tertiary alicyclic amines) is 1. The third kappa shape index (κ3) is 8.54. The van der Waals surface area contributed by atoms with E-state index in [1.54, 1.807) is 6.07 Å². The van der Waals surface area contributed by atoms with E-state index in [0.717, 1.165) is 119 Å². The second-order valence-corrected chi connectivity index (χ2v) is 15.8. The molecule has 4 amide bonds. The summed E-state index contributed by atoms with van der Waals surface area (Å²) in [4.78, 5) is 64.5. The summed E-state index contributed by atoms with van der Waals surface area (Å²) in [5.74, 6) is -1.90. The number of rotatable bonds is 10. The van der Waals surface area contributed by atoms with Gasteiger partial charge in [0.1, 0.15) is 11.8 Å². The van der Waals surface area contributed by atoms with Gasteiger partial charge in [0.05, 0.1) is 41.8 Å². The first kappa shape index (κ1) is 39.0. The van der Waals surface area contributed by atoms with Crippen molar-refractivity contribution >= 4 is 57.5 Å². The van der Waals surface area contributed by atoms with Gasteiger partial charge in [-0.1, -0.05) is 0 Å². The Morgan fingerprint density at radius 2 is 1.72 bits per heavy atom. The van der Waals surface area contributed by atoms with Gasteiger partial charge >= 0.3 is 0 Å². The number of nitrogens with one attached hydrogen (secondary N) is 3. The monoisotopic (exact) mass is 795 g/mol. The maximum absolute atomic E-state index is 14.5. The van der Waals surface area contributed by atoms with Gasteiger partial charge in [0.2, 0.25) is 17.8 Å². The van der Waals surface area contributed by atoms with E-state index < -0.39 is 35.3 Å². The molecule has 0 unspecified atom stereocenters. The number of fused-ring (bicyclic) bond motifs is 1. The number of aromatic nitrogens is 4. The fourth-order valence-electron chi connectivity index (χ4n) is 8.72. The van der Waals surface area contributed by atoms with Crippen LogP contribution in [0.25, 0.3) is 10.9 Å². The molecule has 16 nitrogen and oxygen atoms in total. The zero-order chi connectivity index (χ0) is 40.3. The van der Waals surface area contributed by atoms with Gasteiger partial charge in [0, 0.05) is 75.6 Å². The molecule has 0 spiro atoms. The molecule has 0 bridgehead atoms. The minimum Gasteiger partial charge on any atom is -0.496 e. The Balaban J connectivity index is 0.858. The molecule has 0 aliphatic carbocycles. The van der Waals surface area contributed by atoms with Crippen molar-refractivity contribution in [1.29, 1.82) is 0 Å². The van der Waals surface area contributed by atoms with Crippen molar-refractivity contribution in [3.8, 4) is 5.75 Å². The minimum atomic E-state index is -0.834. The SMILES string of the molecule is COc1cc(N2CCC(CN3CCC(n4cc5cc(NC(=O)c6nc(N)ncc6F)c(N6CCCCC6)cc5n4)CC3)CC2)ccc1C(=O)N[C@H]1CCC(=O)NC1=O. The molecule has 0 saturated carbocycles. The van der Waals surface area contributed by atoms with Gasteiger partial charge in [-0.2, -0.15) is 5.10 Å². The van der Waals surface area contributed by atoms with Crippen LogP contribution in [-0.4, -0.2) is 107 Å². The van der Waals surface area contributed by atoms with Crippen LogP contribution in [0, 0.1) is 11.7 Å². The topological polar surface area (TPSA) is 193 Å². The molecule has 2 aromatic carbocycles. The van der Waals surface area contributed by atoms with Crippen molar-refractivity contribution in [2.75, 3.05) is 73.8 Å². The van der Waals surface area contributed by atoms with Gasteiger partial charge in [0.25, 0.3) is 11.8 Å². The summed E-state index contributed by atoms with van der Waals surface area (Å²) in [5.41, 5.74) is 8.90. The van der Waals surface area contributed by atoms with Gasteiger partial charge in [-0.3, -0.25) is 29.2 Å². The maximum Gasteiger partial charge on any atom is 0.277 e. The number of nitrogen functional groups attached to an aromatic ring is 1. The molecule has 4 saturated heterocycles. The number of hydrogen-bond donors (Lipinski definition) is 4. The quantitative estimate of drug-likeness (QED) is 0.170. The number of carbonyl (C=O) groups is 4. The zero-order valence-electron chi connectivity index (χ0n) is 32.7. The molecule has 4 aliphatic rings. The van der Waals surface area contributed by atoms with Gasteiger partial charge < -0.3 is 35.8 Å². The van der Waals surface area contributed by atoms with Gasteiger partial charge in [-0.25, -0.2) is 14.4 Å². The number of anilines is 4. The van der Waals surface area contributed by atoms with Gasteiger partial charge in [-0.05, 0) is 81.5 Å². The molecular weight excluding hydrogens is 746 g/mol. The van der Waals surface area contributed by atoms with E-state index >= 15 is 0 Å². The number of methoxy groups -OCH3 is 1. The number of piperidine rings is 4. The molecule has 2 aromatic heterocycles. The summed E-state index contributed by atoms with van der Waals surface area (Å²) in [7, 11) is 1.53. The molecular formula is C41H50FN11O5. The fraction of sp³-hybridized carbons (Fsp3) is 0.488. The predicted octanol–water partition coefficient (Wildman–Crippen LogP) is 3.89. The first-order valence-corrected chi connectivity index (χ1v) is 20.3. The molecule has 5 N–H and O–H groups in total. The van der Waals surface area contributed by atoms with Crippen LogP contribution in [0.3, 0.4) is 0 Å². The Bertz CT molecular complexity index is 2190. The van der Waals surface area contributed by atoms with Crippen LogP contribution in [0.15, 0.2) is 42.7 Å². The van der Waals surface area contributed by atoms with Crippen LogP contribution < -0.4 is 36.2 Å². The molecule has 4 aromatic rings. The second-order valence-electron chi connectivity index (χ2n) is 15.8. The molecule has 1 atom stereocenters. The normalized spacial score (nSPS) is 19.9. The summed E-state index contributed by atoms with van der Waals surface area (Å²) < 4.78 is 22.2. The standard InChI is InChI=1S/C41H50FN11O5/c1-58-35-20-28(5-6-29(35)38(55)45-31-7-8-36(54)47-39(31)56)51-17-9-25(10-18-51)23-50-15-11-27(12-16-50)53-24-26-19-33(46-40(57)37-30(42)22-44-41(43)48-37)34(21-32(26)49-53)52-13-3-2-4-14-52/h5-6,19-22,24-25,27,31H,2-4,7-18,23H2,1H3,(H,45,55)(H,46,57)(H2,43,44,48)(H,47,54,56)/t31-/m0/s1. The highest BCUT2D eigenvalue weighted by atomic mass is 19.1. The van der Waals surface area contributed by atoms with E-state index in [0.29, 0.717) is 22.9 Å². The van der Waals surface area contributed by atoms with E-state index in [1.807, 2.05) is 24.3 Å². The number of ether oxygens (including phenoxy) is 1. The third-order valence-electron chi connectivity index (χ3n) is 12.0. The number of nitrogens with two attached hydrogens (primary N) is 1. The van der Waals surface area contributed by atoms with E-state index in [9.17, 15) is 23.6 Å². The number of carbonyl (C=O) groups excluding carboxylic acids is 4. The molecule has 8 rings (SSSR count). The lowest BCUT2D eigenvalue weighted by atomic mass is 9.94. The molecule has 58 heavy (non-hydrogen) atoms. The number of hydrogen-bond acceptors (Lipinski definition) is 12. The lowest BCUT2D eigenvalue weighted by Crippen LogP contribution is -2.52. The Labute approximate surface area is 335 Å². The summed E-state index contributed by atoms with van der Waals surface area (Å²) >= 11 is 0. The summed E-state index contributed by atoms with van der Waals surface area (Å²) in [6.07, 6.45) is 10.7. The second kappa shape index (κ2) is 16.9. The molecule has 17 heteroatoms. The van der Waals surface area contributed by atoms with Gasteiger partial charge in [-0.15, -0.1) is 0 Å². The van der Waals surface area contributed by atoms with Crippen molar-refractivity contribution in [3.05, 3.63) is 59.8 Å². The van der Waals surface area contributed by atoms with Crippen molar-refractivity contribution in [2.45, 2.75) is 69.9 Å². The number of benzene rings is 2. The minimum absolute atomic E-state index is 0.170. The molecule has 4 aliphatic heterocycles. The molecule has 6 heterocycles. The third-order valence-corrected chi connectivity index (χ3v) is 12.0. The van der Waals surface area contributed by atoms with Crippen molar-refractivity contribution in [3.63, 3.8) is 0 Å². The summed E-state index contributed by atoms with van der Waals surface area (Å²) in [5, 5.41) is 13.8. The van der Waals surface area contributed by atoms with E-state index in [-0.39, 0.29) is 30.7 Å². The van der Waals surface area contributed by atoms with E-state index in [4.69, 9.17) is 15.6 Å². The smallest absolute Gasteiger partial charge is 0.277 e. The zero-order valence-corrected chi connectivity index (χ0v) is 32.7. The van der Waals surface area contributed by atoms with Crippen LogP contribution in [-0.2, 0) is 9.59 Å². The number of imide groups is 1. The highest BCUT2D eigenvalue weighted by Gasteiger charge is 2.30. The van der Waals surface area contributed by atoms with Crippen molar-refractivity contribution in [2.24, 2.45) is 5.92 Å². The predicted molar refractivity (Wildman–Crippen MR) is 216 cm³/mol. The highest BCUT2D eigenvalue weighted by molar-refractivity contribution is 6.07. The Morgan fingerprint density at radius 1 is 0.948 bits per heavy atom. The Hall–Kier alpha value is -5.84. The maximum atomic E-state index is 14.5. The lowest BCUT2D eigenvalue weighted by Gasteiger charge is -2.38. The molecule has 0 radical (unpaired) electrons. The van der Waals surface area contributed by atoms with Crippen LogP contribution >= 0.6 is 0 Å². The van der Waals surface area contributed by atoms with Crippen LogP contribution in [0.4, 0.5) is 27.4 Å². The first-order chi connectivity index (χ1) is 28.1. The first-order valence-electron chi connectivity index (χ1n) is 20.3. The number of nitrogens with zero attached hydrogens (tertiary/aromatic N) is 7. The number of halogens is 1. The average molecular weight is 796 g/mol. The van der Waals surface area contributed by atoms with Crippen LogP contribution in [0.5, 0.6) is 5.75 Å². The van der Waals surface area contributed by atoms with Crippen molar-refractivity contribution in [1.82, 2.24) is 35.3 Å². The average Bonchev–Trinajstić information content (AvgIpc) is 3.66. The summed E-state index contributed by atoms with van der Waals surface area (Å²) in [6.45, 7) is 6.53. The van der Waals surface area contributed by atoms with Crippen molar-refractivity contribution < 1.29 is 28.3 Å². The Kier molecular flexibility index (Phi) is 11.4. The van der Waals surface area contributed by atoms with E-state index in [1.165, 1.54) is 7.11 Å².